The highest BCUT2D eigenvalue weighted by atomic mass is 16.5. The van der Waals surface area contributed by atoms with Gasteiger partial charge in [-0.1, -0.05) is 19.1 Å². The predicted octanol–water partition coefficient (Wildman–Crippen LogP) is 1.73. The van der Waals surface area contributed by atoms with Crippen molar-refractivity contribution < 1.29 is 9.53 Å². The number of amides is 1. The first-order valence-corrected chi connectivity index (χ1v) is 5.06. The molecule has 0 fully saturated rings. The molecule has 1 aromatic carbocycles. The maximum atomic E-state index is 10.7. The van der Waals surface area contributed by atoms with Crippen molar-refractivity contribution in [1.82, 2.24) is 0 Å². The van der Waals surface area contributed by atoms with E-state index in [1.54, 1.807) is 0 Å². The van der Waals surface area contributed by atoms with Crippen molar-refractivity contribution in [2.75, 3.05) is 6.61 Å². The fourth-order valence-corrected chi connectivity index (χ4v) is 1.47. The Balaban J connectivity index is 3.01. The second kappa shape index (κ2) is 4.82. The quantitative estimate of drug-likeness (QED) is 0.817. The fraction of sp³-hybridized carbons (Fsp3) is 0.417. The van der Waals surface area contributed by atoms with Crippen LogP contribution in [-0.2, 0) is 11.2 Å². The molecule has 0 radical (unpaired) electrons. The van der Waals surface area contributed by atoms with Gasteiger partial charge in [0.15, 0.2) is 6.61 Å². The van der Waals surface area contributed by atoms with Crippen LogP contribution in [-0.4, -0.2) is 12.5 Å². The highest BCUT2D eigenvalue weighted by Crippen LogP contribution is 2.26. The molecule has 2 N–H and O–H groups in total. The molecule has 0 atom stereocenters. The zero-order chi connectivity index (χ0) is 11.4. The minimum Gasteiger partial charge on any atom is -0.483 e. The van der Waals surface area contributed by atoms with E-state index in [2.05, 4.69) is 13.0 Å². The van der Waals surface area contributed by atoms with Crippen LogP contribution in [0.1, 0.15) is 23.6 Å². The monoisotopic (exact) mass is 207 g/mol. The van der Waals surface area contributed by atoms with E-state index in [0.29, 0.717) is 0 Å². The second-order valence-electron chi connectivity index (χ2n) is 3.60. The van der Waals surface area contributed by atoms with Crippen molar-refractivity contribution in [3.8, 4) is 5.75 Å². The number of hydrogen-bond acceptors (Lipinski definition) is 2. The zero-order valence-corrected chi connectivity index (χ0v) is 9.46. The van der Waals surface area contributed by atoms with Gasteiger partial charge in [0.2, 0.25) is 0 Å². The Labute approximate surface area is 90.2 Å². The van der Waals surface area contributed by atoms with E-state index < -0.39 is 5.91 Å². The molecule has 0 unspecified atom stereocenters. The highest BCUT2D eigenvalue weighted by molar-refractivity contribution is 5.75. The molecule has 0 aliphatic carbocycles. The van der Waals surface area contributed by atoms with Crippen LogP contribution in [0.15, 0.2) is 12.1 Å². The summed E-state index contributed by atoms with van der Waals surface area (Å²) in [6.45, 7) is 6.01. The number of ether oxygens (including phenoxy) is 1. The molecule has 0 heterocycles. The molecule has 15 heavy (non-hydrogen) atoms. The minimum absolute atomic E-state index is 0.0582. The first-order chi connectivity index (χ1) is 7.06. The van der Waals surface area contributed by atoms with Crippen LogP contribution in [0.25, 0.3) is 0 Å². The molecule has 0 aliphatic rings. The summed E-state index contributed by atoms with van der Waals surface area (Å²) < 4.78 is 5.43. The van der Waals surface area contributed by atoms with Crippen LogP contribution in [0.3, 0.4) is 0 Å². The highest BCUT2D eigenvalue weighted by Gasteiger charge is 2.08. The number of aryl methyl sites for hydroxylation is 2. The average molecular weight is 207 g/mol. The van der Waals surface area contributed by atoms with Crippen LogP contribution < -0.4 is 10.5 Å². The van der Waals surface area contributed by atoms with E-state index in [0.717, 1.165) is 28.9 Å². The van der Waals surface area contributed by atoms with Crippen molar-refractivity contribution in [1.29, 1.82) is 0 Å². The summed E-state index contributed by atoms with van der Waals surface area (Å²) >= 11 is 0. The third-order valence-corrected chi connectivity index (χ3v) is 2.50. The van der Waals surface area contributed by atoms with Crippen LogP contribution >= 0.6 is 0 Å². The predicted molar refractivity (Wildman–Crippen MR) is 60.0 cm³/mol. The van der Waals surface area contributed by atoms with Crippen molar-refractivity contribution >= 4 is 5.91 Å². The molecule has 0 spiro atoms. The summed E-state index contributed by atoms with van der Waals surface area (Å²) in [5, 5.41) is 0. The van der Waals surface area contributed by atoms with E-state index in [1.807, 2.05) is 19.9 Å². The van der Waals surface area contributed by atoms with Gasteiger partial charge in [0.1, 0.15) is 5.75 Å². The molecule has 0 aliphatic heterocycles. The van der Waals surface area contributed by atoms with Crippen LogP contribution in [0, 0.1) is 13.8 Å². The van der Waals surface area contributed by atoms with E-state index in [4.69, 9.17) is 10.5 Å². The SMILES string of the molecule is CCc1ccc(C)c(C)c1OCC(N)=O. The fourth-order valence-electron chi connectivity index (χ4n) is 1.47. The van der Waals surface area contributed by atoms with Gasteiger partial charge in [-0.05, 0) is 37.0 Å². The first-order valence-electron chi connectivity index (χ1n) is 5.06. The largest absolute Gasteiger partial charge is 0.483 e. The normalized spacial score (nSPS) is 10.1. The van der Waals surface area contributed by atoms with E-state index >= 15 is 0 Å². The van der Waals surface area contributed by atoms with Crippen LogP contribution in [0.5, 0.6) is 5.75 Å². The maximum absolute atomic E-state index is 10.7. The number of rotatable bonds is 4. The number of nitrogens with two attached hydrogens (primary N) is 1. The summed E-state index contributed by atoms with van der Waals surface area (Å²) in [6, 6.07) is 4.09. The molecule has 3 heteroatoms. The van der Waals surface area contributed by atoms with Gasteiger partial charge in [-0.25, -0.2) is 0 Å². The zero-order valence-electron chi connectivity index (χ0n) is 9.46. The van der Waals surface area contributed by atoms with E-state index in [9.17, 15) is 4.79 Å². The molecule has 1 aromatic rings. The van der Waals surface area contributed by atoms with E-state index in [-0.39, 0.29) is 6.61 Å². The van der Waals surface area contributed by atoms with Crippen LogP contribution in [0.2, 0.25) is 0 Å². The van der Waals surface area contributed by atoms with Gasteiger partial charge < -0.3 is 10.5 Å². The molecular weight excluding hydrogens is 190 g/mol. The number of primary amides is 1. The molecule has 0 saturated heterocycles. The summed E-state index contributed by atoms with van der Waals surface area (Å²) in [6.07, 6.45) is 0.884. The Kier molecular flexibility index (Phi) is 3.72. The minimum atomic E-state index is -0.446. The third kappa shape index (κ3) is 2.72. The number of carbonyl (C=O) groups is 1. The standard InChI is InChI=1S/C12H17NO2/c1-4-10-6-5-8(2)9(3)12(10)15-7-11(13)14/h5-6H,4,7H2,1-3H3,(H2,13,14). The van der Waals surface area contributed by atoms with Crippen molar-refractivity contribution in [2.45, 2.75) is 27.2 Å². The number of benzene rings is 1. The second-order valence-corrected chi connectivity index (χ2v) is 3.60. The topological polar surface area (TPSA) is 52.3 Å². The van der Waals surface area contributed by atoms with Crippen LogP contribution in [0.4, 0.5) is 0 Å². The van der Waals surface area contributed by atoms with Gasteiger partial charge in [-0.2, -0.15) is 0 Å². The Hall–Kier alpha value is -1.51. The van der Waals surface area contributed by atoms with Gasteiger partial charge in [0.05, 0.1) is 0 Å². The molecular formula is C12H17NO2. The Morgan fingerprint density at radius 3 is 2.60 bits per heavy atom. The lowest BCUT2D eigenvalue weighted by molar-refractivity contribution is -0.119. The molecule has 0 aromatic heterocycles. The van der Waals surface area contributed by atoms with Crippen molar-refractivity contribution in [3.63, 3.8) is 0 Å². The molecule has 1 rings (SSSR count). The summed E-state index contributed by atoms with van der Waals surface area (Å²) in [4.78, 5) is 10.7. The lowest BCUT2D eigenvalue weighted by atomic mass is 10.0. The first kappa shape index (κ1) is 11.6. The average Bonchev–Trinajstić information content (AvgIpc) is 2.20. The third-order valence-electron chi connectivity index (χ3n) is 2.50. The molecule has 3 nitrogen and oxygen atoms in total. The summed E-state index contributed by atoms with van der Waals surface area (Å²) in [5.74, 6) is 0.356. The van der Waals surface area contributed by atoms with Gasteiger partial charge in [0.25, 0.3) is 5.91 Å². The number of carbonyl (C=O) groups excluding carboxylic acids is 1. The van der Waals surface area contributed by atoms with Gasteiger partial charge >= 0.3 is 0 Å². The number of hydrogen-bond donors (Lipinski definition) is 1. The van der Waals surface area contributed by atoms with Gasteiger partial charge in [-0.3, -0.25) is 4.79 Å². The molecule has 0 saturated carbocycles. The Morgan fingerprint density at radius 2 is 2.07 bits per heavy atom. The molecule has 82 valence electrons. The smallest absolute Gasteiger partial charge is 0.255 e. The lowest BCUT2D eigenvalue weighted by Gasteiger charge is -2.13. The van der Waals surface area contributed by atoms with Crippen molar-refractivity contribution in [2.24, 2.45) is 5.73 Å². The van der Waals surface area contributed by atoms with Crippen molar-refractivity contribution in [3.05, 3.63) is 28.8 Å². The Morgan fingerprint density at radius 1 is 1.40 bits per heavy atom. The molecule has 1 amide bonds. The summed E-state index contributed by atoms with van der Waals surface area (Å²) in [7, 11) is 0. The maximum Gasteiger partial charge on any atom is 0.255 e. The lowest BCUT2D eigenvalue weighted by Crippen LogP contribution is -2.20. The Bertz CT molecular complexity index is 372. The summed E-state index contributed by atoms with van der Waals surface area (Å²) in [5.41, 5.74) is 8.40. The van der Waals surface area contributed by atoms with Gasteiger partial charge in [0, 0.05) is 0 Å². The van der Waals surface area contributed by atoms with E-state index in [1.165, 1.54) is 0 Å². The molecule has 0 bridgehead atoms. The van der Waals surface area contributed by atoms with Gasteiger partial charge in [-0.15, -0.1) is 0 Å².